The quantitative estimate of drug-likeness (QED) is 0.478. The van der Waals surface area contributed by atoms with E-state index >= 15 is 0 Å². The maximum atomic E-state index is 11.5. The van der Waals surface area contributed by atoms with Gasteiger partial charge in [0.1, 0.15) is 0 Å². The number of benzene rings is 1. The molecule has 1 aromatic carbocycles. The number of rotatable bonds is 3. The van der Waals surface area contributed by atoms with E-state index in [0.717, 1.165) is 0 Å². The molecule has 0 atom stereocenters. The molecule has 0 spiro atoms. The number of Topliss-reactive ketones (excluding diaryl/α,β-unsaturated/α-hetero) is 2. The van der Waals surface area contributed by atoms with Crippen LogP contribution < -0.4 is 0 Å². The Morgan fingerprint density at radius 1 is 1.07 bits per heavy atom. The third-order valence-electron chi connectivity index (χ3n) is 1.73. The number of hydrogen-bond donors (Lipinski definition) is 0. The predicted octanol–water partition coefficient (Wildman–Crippen LogP) is 3.20. The average Bonchev–Trinajstić information content (AvgIpc) is 2.17. The minimum absolute atomic E-state index is 0.355. The molecule has 0 amide bonds. The van der Waals surface area contributed by atoms with E-state index in [9.17, 15) is 9.59 Å². The van der Waals surface area contributed by atoms with Crippen molar-refractivity contribution in [3.8, 4) is 0 Å². The zero-order valence-electron chi connectivity index (χ0n) is 7.54. The molecular formula is C10H7Cl3O2. The second-order valence-corrected chi connectivity index (χ2v) is 5.17. The summed E-state index contributed by atoms with van der Waals surface area (Å²) in [5, 5.41) is 0. The van der Waals surface area contributed by atoms with Crippen LogP contribution in [0.2, 0.25) is 0 Å². The van der Waals surface area contributed by atoms with Crippen LogP contribution in [0.5, 0.6) is 0 Å². The van der Waals surface area contributed by atoms with Gasteiger partial charge in [-0.3, -0.25) is 9.59 Å². The number of alkyl halides is 3. The van der Waals surface area contributed by atoms with Crippen LogP contribution in [0.4, 0.5) is 0 Å². The molecule has 80 valence electrons. The fourth-order valence-electron chi connectivity index (χ4n) is 0.972. The van der Waals surface area contributed by atoms with Crippen LogP contribution in [0, 0.1) is 0 Å². The molecule has 0 aliphatic carbocycles. The molecule has 0 radical (unpaired) electrons. The number of carbonyl (C=O) groups excluding carboxylic acids is 2. The summed E-state index contributed by atoms with van der Waals surface area (Å²) >= 11 is 16.0. The summed E-state index contributed by atoms with van der Waals surface area (Å²) in [5.74, 6) is -1.08. The molecule has 0 N–H and O–H groups in total. The van der Waals surface area contributed by atoms with Crippen molar-refractivity contribution >= 4 is 46.4 Å². The zero-order chi connectivity index (χ0) is 11.5. The third kappa shape index (κ3) is 3.82. The SMILES string of the molecule is O=C(CC(=O)C(Cl)(Cl)Cl)c1ccccc1. The Bertz CT molecular complexity index is 368. The molecule has 2 nitrogen and oxygen atoms in total. The highest BCUT2D eigenvalue weighted by Gasteiger charge is 2.31. The molecule has 0 unspecified atom stereocenters. The summed E-state index contributed by atoms with van der Waals surface area (Å²) in [6.45, 7) is 0. The number of carbonyl (C=O) groups is 2. The molecule has 0 saturated heterocycles. The minimum Gasteiger partial charge on any atom is -0.294 e. The van der Waals surface area contributed by atoms with Gasteiger partial charge in [0, 0.05) is 5.56 Å². The first-order chi connectivity index (χ1) is 6.91. The molecule has 0 aromatic heterocycles. The third-order valence-corrected chi connectivity index (χ3v) is 2.37. The molecule has 0 aliphatic heterocycles. The molecule has 1 aromatic rings. The first-order valence-electron chi connectivity index (χ1n) is 4.09. The van der Waals surface area contributed by atoms with E-state index < -0.39 is 16.0 Å². The molecule has 15 heavy (non-hydrogen) atoms. The minimum atomic E-state index is -2.02. The maximum Gasteiger partial charge on any atom is 0.249 e. The summed E-state index contributed by atoms with van der Waals surface area (Å²) in [5.41, 5.74) is 0.431. The van der Waals surface area contributed by atoms with Gasteiger partial charge in [-0.2, -0.15) is 0 Å². The standard InChI is InChI=1S/C10H7Cl3O2/c11-10(12,13)9(15)6-8(14)7-4-2-1-3-5-7/h1-5H,6H2. The summed E-state index contributed by atoms with van der Waals surface area (Å²) in [6.07, 6.45) is -0.402. The van der Waals surface area contributed by atoms with Gasteiger partial charge >= 0.3 is 0 Å². The Morgan fingerprint density at radius 2 is 1.60 bits per heavy atom. The van der Waals surface area contributed by atoms with Crippen molar-refractivity contribution in [3.63, 3.8) is 0 Å². The number of ketones is 2. The van der Waals surface area contributed by atoms with Crippen LogP contribution in [-0.2, 0) is 4.79 Å². The van der Waals surface area contributed by atoms with Gasteiger partial charge in [-0.25, -0.2) is 0 Å². The fraction of sp³-hybridized carbons (Fsp3) is 0.200. The fourth-order valence-corrected chi connectivity index (χ4v) is 1.17. The number of hydrogen-bond acceptors (Lipinski definition) is 2. The average molecular weight is 266 g/mol. The van der Waals surface area contributed by atoms with Crippen molar-refractivity contribution in [1.29, 1.82) is 0 Å². The van der Waals surface area contributed by atoms with Crippen LogP contribution in [0.15, 0.2) is 30.3 Å². The van der Waals surface area contributed by atoms with Gasteiger partial charge in [0.2, 0.25) is 3.79 Å². The largest absolute Gasteiger partial charge is 0.294 e. The van der Waals surface area contributed by atoms with E-state index in [1.807, 2.05) is 0 Å². The van der Waals surface area contributed by atoms with Crippen LogP contribution in [-0.4, -0.2) is 15.4 Å². The maximum absolute atomic E-state index is 11.5. The van der Waals surface area contributed by atoms with Crippen molar-refractivity contribution in [2.75, 3.05) is 0 Å². The van der Waals surface area contributed by atoms with Gasteiger partial charge in [-0.05, 0) is 0 Å². The Balaban J connectivity index is 2.70. The molecular weight excluding hydrogens is 258 g/mol. The lowest BCUT2D eigenvalue weighted by molar-refractivity contribution is -0.117. The first-order valence-corrected chi connectivity index (χ1v) is 5.23. The second kappa shape index (κ2) is 4.97. The summed E-state index contributed by atoms with van der Waals surface area (Å²) in [6, 6.07) is 8.38. The summed E-state index contributed by atoms with van der Waals surface area (Å²) < 4.78 is -2.02. The molecule has 5 heteroatoms. The van der Waals surface area contributed by atoms with E-state index in [0.29, 0.717) is 5.56 Å². The van der Waals surface area contributed by atoms with Gasteiger partial charge < -0.3 is 0 Å². The second-order valence-electron chi connectivity index (χ2n) is 2.89. The van der Waals surface area contributed by atoms with Crippen molar-refractivity contribution in [2.45, 2.75) is 10.2 Å². The van der Waals surface area contributed by atoms with Gasteiger partial charge in [-0.1, -0.05) is 65.1 Å². The Hall–Kier alpha value is -0.570. The molecule has 0 aliphatic rings. The Morgan fingerprint density at radius 3 is 2.07 bits per heavy atom. The van der Waals surface area contributed by atoms with Crippen LogP contribution in [0.3, 0.4) is 0 Å². The Labute approximate surface area is 102 Å². The lowest BCUT2D eigenvalue weighted by Gasteiger charge is -2.08. The van der Waals surface area contributed by atoms with Crippen LogP contribution >= 0.6 is 34.8 Å². The van der Waals surface area contributed by atoms with Crippen LogP contribution in [0.25, 0.3) is 0 Å². The molecule has 0 bridgehead atoms. The highest BCUT2D eigenvalue weighted by molar-refractivity contribution is 6.76. The van der Waals surface area contributed by atoms with Crippen LogP contribution in [0.1, 0.15) is 16.8 Å². The lowest BCUT2D eigenvalue weighted by atomic mass is 10.1. The normalized spacial score (nSPS) is 11.1. The van der Waals surface area contributed by atoms with E-state index in [-0.39, 0.29) is 5.78 Å². The predicted molar refractivity (Wildman–Crippen MR) is 60.7 cm³/mol. The van der Waals surface area contributed by atoms with E-state index in [2.05, 4.69) is 0 Å². The Kier molecular flexibility index (Phi) is 4.14. The van der Waals surface area contributed by atoms with Crippen molar-refractivity contribution in [1.82, 2.24) is 0 Å². The topological polar surface area (TPSA) is 34.1 Å². The van der Waals surface area contributed by atoms with E-state index in [1.54, 1.807) is 30.3 Å². The van der Waals surface area contributed by atoms with E-state index in [1.165, 1.54) is 0 Å². The van der Waals surface area contributed by atoms with E-state index in [4.69, 9.17) is 34.8 Å². The molecule has 0 heterocycles. The summed E-state index contributed by atoms with van der Waals surface area (Å²) in [7, 11) is 0. The molecule has 0 fully saturated rings. The molecule has 1 rings (SSSR count). The van der Waals surface area contributed by atoms with Crippen molar-refractivity contribution in [2.24, 2.45) is 0 Å². The van der Waals surface area contributed by atoms with Crippen molar-refractivity contribution in [3.05, 3.63) is 35.9 Å². The highest BCUT2D eigenvalue weighted by atomic mass is 35.6. The van der Waals surface area contributed by atoms with Gasteiger partial charge in [0.15, 0.2) is 11.6 Å². The first kappa shape index (κ1) is 12.5. The highest BCUT2D eigenvalue weighted by Crippen LogP contribution is 2.28. The zero-order valence-corrected chi connectivity index (χ0v) is 9.81. The van der Waals surface area contributed by atoms with Crippen molar-refractivity contribution < 1.29 is 9.59 Å². The number of halogens is 3. The van der Waals surface area contributed by atoms with Gasteiger partial charge in [-0.15, -0.1) is 0 Å². The summed E-state index contributed by atoms with van der Waals surface area (Å²) in [4.78, 5) is 22.7. The van der Waals surface area contributed by atoms with Gasteiger partial charge in [0.25, 0.3) is 0 Å². The monoisotopic (exact) mass is 264 g/mol. The smallest absolute Gasteiger partial charge is 0.249 e. The van der Waals surface area contributed by atoms with Gasteiger partial charge in [0.05, 0.1) is 6.42 Å². The lowest BCUT2D eigenvalue weighted by Crippen LogP contribution is -2.22. The molecule has 0 saturated carbocycles.